The number of aryl methyl sites for hydroxylation is 1. The molecule has 0 saturated carbocycles. The van der Waals surface area contributed by atoms with Gasteiger partial charge >= 0.3 is 0 Å². The molecule has 0 aliphatic rings. The minimum atomic E-state index is -2.43. The fourth-order valence-corrected chi connectivity index (χ4v) is 1.02. The molecular formula is C9H10F2O. The highest BCUT2D eigenvalue weighted by molar-refractivity contribution is 5.34. The van der Waals surface area contributed by atoms with Crippen LogP contribution in [0.2, 0.25) is 0 Å². The predicted molar refractivity (Wildman–Crippen MR) is 42.7 cm³/mol. The second-order valence-corrected chi connectivity index (χ2v) is 2.58. The monoisotopic (exact) mass is 172 g/mol. The average Bonchev–Trinajstić information content (AvgIpc) is 2.03. The molecule has 0 amide bonds. The molecule has 0 heterocycles. The van der Waals surface area contributed by atoms with Crippen LogP contribution in [0.5, 0.6) is 5.75 Å². The third kappa shape index (κ3) is 1.94. The Bertz CT molecular complexity index is 271. The normalized spacial score (nSPS) is 10.4. The van der Waals surface area contributed by atoms with Crippen LogP contribution in [-0.4, -0.2) is 7.11 Å². The first-order valence-corrected chi connectivity index (χ1v) is 3.57. The fraction of sp³-hybridized carbons (Fsp3) is 0.333. The second-order valence-electron chi connectivity index (χ2n) is 2.58. The van der Waals surface area contributed by atoms with Gasteiger partial charge in [-0.3, -0.25) is 0 Å². The summed E-state index contributed by atoms with van der Waals surface area (Å²) in [6, 6.07) is 4.51. The van der Waals surface area contributed by atoms with E-state index in [9.17, 15) is 8.78 Å². The number of hydrogen-bond acceptors (Lipinski definition) is 1. The van der Waals surface area contributed by atoms with Crippen LogP contribution in [0.1, 0.15) is 17.6 Å². The molecular weight excluding hydrogens is 162 g/mol. The van der Waals surface area contributed by atoms with Crippen molar-refractivity contribution in [1.29, 1.82) is 0 Å². The van der Waals surface area contributed by atoms with Crippen molar-refractivity contribution in [3.8, 4) is 5.75 Å². The molecule has 3 heteroatoms. The Morgan fingerprint density at radius 2 is 1.92 bits per heavy atom. The zero-order valence-electron chi connectivity index (χ0n) is 6.97. The van der Waals surface area contributed by atoms with Crippen LogP contribution in [0.15, 0.2) is 18.2 Å². The van der Waals surface area contributed by atoms with Gasteiger partial charge in [0.25, 0.3) is 6.43 Å². The highest BCUT2D eigenvalue weighted by atomic mass is 19.3. The van der Waals surface area contributed by atoms with Crippen molar-refractivity contribution < 1.29 is 13.5 Å². The first kappa shape index (κ1) is 8.97. The fourth-order valence-electron chi connectivity index (χ4n) is 1.02. The van der Waals surface area contributed by atoms with Crippen LogP contribution in [0, 0.1) is 6.92 Å². The Balaban J connectivity index is 3.06. The highest BCUT2D eigenvalue weighted by Gasteiger charge is 2.08. The lowest BCUT2D eigenvalue weighted by Crippen LogP contribution is -1.89. The molecule has 0 spiro atoms. The third-order valence-corrected chi connectivity index (χ3v) is 1.56. The summed E-state index contributed by atoms with van der Waals surface area (Å²) in [4.78, 5) is 0. The number of rotatable bonds is 2. The predicted octanol–water partition coefficient (Wildman–Crippen LogP) is 2.94. The van der Waals surface area contributed by atoms with Crippen molar-refractivity contribution in [1.82, 2.24) is 0 Å². The molecule has 12 heavy (non-hydrogen) atoms. The van der Waals surface area contributed by atoms with E-state index in [4.69, 9.17) is 4.74 Å². The number of benzene rings is 1. The molecule has 1 aromatic rings. The van der Waals surface area contributed by atoms with Crippen LogP contribution >= 0.6 is 0 Å². The van der Waals surface area contributed by atoms with Gasteiger partial charge in [-0.1, -0.05) is 6.07 Å². The zero-order chi connectivity index (χ0) is 9.14. The summed E-state index contributed by atoms with van der Waals surface area (Å²) >= 11 is 0. The van der Waals surface area contributed by atoms with Crippen LogP contribution in [0.4, 0.5) is 8.78 Å². The number of alkyl halides is 2. The summed E-state index contributed by atoms with van der Waals surface area (Å²) in [5.41, 5.74) is 0.788. The Labute approximate surface area is 70.0 Å². The molecule has 0 unspecified atom stereocenters. The zero-order valence-corrected chi connectivity index (χ0v) is 6.97. The first-order valence-electron chi connectivity index (χ1n) is 3.57. The minimum Gasteiger partial charge on any atom is -0.497 e. The van der Waals surface area contributed by atoms with Crippen molar-refractivity contribution >= 4 is 0 Å². The smallest absolute Gasteiger partial charge is 0.263 e. The standard InChI is InChI=1S/C9H10F2O/c1-6-3-7(9(10)11)5-8(4-6)12-2/h3-5,9H,1-2H3. The number of methoxy groups -OCH3 is 1. The van der Waals surface area contributed by atoms with Gasteiger partial charge in [-0.15, -0.1) is 0 Å². The van der Waals surface area contributed by atoms with Gasteiger partial charge in [0.1, 0.15) is 5.75 Å². The Morgan fingerprint density at radius 3 is 2.42 bits per heavy atom. The van der Waals surface area contributed by atoms with E-state index in [0.29, 0.717) is 5.75 Å². The maximum Gasteiger partial charge on any atom is 0.263 e. The van der Waals surface area contributed by atoms with E-state index in [0.717, 1.165) is 5.56 Å². The maximum absolute atomic E-state index is 12.2. The molecule has 0 N–H and O–H groups in total. The molecule has 0 radical (unpaired) electrons. The number of halogens is 2. The quantitative estimate of drug-likeness (QED) is 0.666. The molecule has 0 bridgehead atoms. The van der Waals surface area contributed by atoms with Crippen molar-refractivity contribution in [2.24, 2.45) is 0 Å². The highest BCUT2D eigenvalue weighted by Crippen LogP contribution is 2.24. The molecule has 0 aliphatic heterocycles. The third-order valence-electron chi connectivity index (χ3n) is 1.56. The van der Waals surface area contributed by atoms with Gasteiger partial charge < -0.3 is 4.74 Å². The van der Waals surface area contributed by atoms with Gasteiger partial charge in [0.15, 0.2) is 0 Å². The van der Waals surface area contributed by atoms with Crippen molar-refractivity contribution in [3.63, 3.8) is 0 Å². The lowest BCUT2D eigenvalue weighted by molar-refractivity contribution is 0.151. The van der Waals surface area contributed by atoms with Gasteiger partial charge in [0, 0.05) is 5.56 Å². The SMILES string of the molecule is COc1cc(C)cc(C(F)F)c1. The largest absolute Gasteiger partial charge is 0.497 e. The van der Waals surface area contributed by atoms with Gasteiger partial charge in [0.05, 0.1) is 7.11 Å². The van der Waals surface area contributed by atoms with Crippen LogP contribution < -0.4 is 4.74 Å². The summed E-state index contributed by atoms with van der Waals surface area (Å²) in [6.07, 6.45) is -2.43. The lowest BCUT2D eigenvalue weighted by Gasteiger charge is -2.05. The molecule has 1 rings (SSSR count). The molecule has 0 saturated heterocycles. The Hall–Kier alpha value is -1.12. The van der Waals surface area contributed by atoms with Crippen molar-refractivity contribution in [3.05, 3.63) is 29.3 Å². The molecule has 0 fully saturated rings. The van der Waals surface area contributed by atoms with E-state index in [1.807, 2.05) is 0 Å². The molecule has 0 aromatic heterocycles. The summed E-state index contributed by atoms with van der Waals surface area (Å²) in [6.45, 7) is 1.76. The lowest BCUT2D eigenvalue weighted by atomic mass is 10.1. The summed E-state index contributed by atoms with van der Waals surface area (Å²) < 4.78 is 29.3. The van der Waals surface area contributed by atoms with E-state index >= 15 is 0 Å². The van der Waals surface area contributed by atoms with E-state index in [-0.39, 0.29) is 5.56 Å². The first-order chi connectivity index (χ1) is 5.63. The average molecular weight is 172 g/mol. The minimum absolute atomic E-state index is 0.00634. The maximum atomic E-state index is 12.2. The number of hydrogen-bond donors (Lipinski definition) is 0. The molecule has 0 aliphatic carbocycles. The van der Waals surface area contributed by atoms with Gasteiger partial charge in [-0.05, 0) is 24.6 Å². The van der Waals surface area contributed by atoms with Crippen molar-refractivity contribution in [2.75, 3.05) is 7.11 Å². The van der Waals surface area contributed by atoms with Crippen molar-refractivity contribution in [2.45, 2.75) is 13.3 Å². The Kier molecular flexibility index (Phi) is 2.63. The molecule has 1 aromatic carbocycles. The summed E-state index contributed by atoms with van der Waals surface area (Å²) in [7, 11) is 1.46. The van der Waals surface area contributed by atoms with E-state index in [2.05, 4.69) is 0 Å². The van der Waals surface area contributed by atoms with E-state index < -0.39 is 6.43 Å². The summed E-state index contributed by atoms with van der Waals surface area (Å²) in [5.74, 6) is 0.477. The van der Waals surface area contributed by atoms with Gasteiger partial charge in [-0.2, -0.15) is 0 Å². The van der Waals surface area contributed by atoms with E-state index in [1.54, 1.807) is 13.0 Å². The van der Waals surface area contributed by atoms with Gasteiger partial charge in [0.2, 0.25) is 0 Å². The van der Waals surface area contributed by atoms with Crippen LogP contribution in [-0.2, 0) is 0 Å². The Morgan fingerprint density at radius 1 is 1.25 bits per heavy atom. The number of ether oxygens (including phenoxy) is 1. The second kappa shape index (κ2) is 3.52. The summed E-state index contributed by atoms with van der Waals surface area (Å²) in [5, 5.41) is 0. The topological polar surface area (TPSA) is 9.23 Å². The molecule has 1 nitrogen and oxygen atoms in total. The van der Waals surface area contributed by atoms with Crippen LogP contribution in [0.25, 0.3) is 0 Å². The van der Waals surface area contributed by atoms with Gasteiger partial charge in [-0.25, -0.2) is 8.78 Å². The van der Waals surface area contributed by atoms with E-state index in [1.165, 1.54) is 19.2 Å². The molecule has 66 valence electrons. The van der Waals surface area contributed by atoms with Crippen LogP contribution in [0.3, 0.4) is 0 Å². The molecule has 0 atom stereocenters.